The summed E-state index contributed by atoms with van der Waals surface area (Å²) >= 11 is 0. The molecule has 0 aliphatic heterocycles. The van der Waals surface area contributed by atoms with Crippen LogP contribution in [-0.2, 0) is 25.5 Å². The molecule has 1 saturated carbocycles. The van der Waals surface area contributed by atoms with Gasteiger partial charge in [0.25, 0.3) is 0 Å². The van der Waals surface area contributed by atoms with Crippen molar-refractivity contribution in [1.82, 2.24) is 0 Å². The van der Waals surface area contributed by atoms with E-state index in [0.717, 1.165) is 27.8 Å². The van der Waals surface area contributed by atoms with Gasteiger partial charge in [-0.05, 0) is 46.9 Å². The van der Waals surface area contributed by atoms with Crippen LogP contribution < -0.4 is 0 Å². The first kappa shape index (κ1) is 25.4. The minimum atomic E-state index is -3.99. The zero-order valence-electron chi connectivity index (χ0n) is 22.6. The summed E-state index contributed by atoms with van der Waals surface area (Å²) in [6, 6.07) is 45.7. The zero-order chi connectivity index (χ0) is 28.2. The average molecular weight is 553 g/mol. The van der Waals surface area contributed by atoms with Gasteiger partial charge in [-0.25, -0.2) is 8.42 Å². The van der Waals surface area contributed by atoms with Gasteiger partial charge in [-0.1, -0.05) is 139 Å². The Morgan fingerprint density at radius 2 is 0.976 bits per heavy atom. The summed E-state index contributed by atoms with van der Waals surface area (Å²) in [5, 5.41) is -1.02. The first-order valence-electron chi connectivity index (χ1n) is 13.8. The predicted molar refractivity (Wildman–Crippen MR) is 163 cm³/mol. The van der Waals surface area contributed by atoms with Crippen molar-refractivity contribution in [3.63, 3.8) is 0 Å². The molecule has 200 valence electrons. The molecule has 0 spiro atoms. The molecule has 0 radical (unpaired) electrons. The Morgan fingerprint density at radius 1 is 0.537 bits per heavy atom. The molecule has 2 aliphatic rings. The van der Waals surface area contributed by atoms with E-state index in [1.807, 2.05) is 140 Å². The van der Waals surface area contributed by atoms with Crippen LogP contribution in [0.3, 0.4) is 0 Å². The Labute approximate surface area is 240 Å². The van der Waals surface area contributed by atoms with Gasteiger partial charge in [0, 0.05) is 5.57 Å². The van der Waals surface area contributed by atoms with E-state index in [1.54, 1.807) is 12.1 Å². The van der Waals surface area contributed by atoms with Crippen molar-refractivity contribution in [2.75, 3.05) is 0 Å². The third-order valence-corrected chi connectivity index (χ3v) is 11.1. The number of carbonyl (C=O) groups is 1. The van der Waals surface area contributed by atoms with Crippen LogP contribution in [0.1, 0.15) is 27.8 Å². The summed E-state index contributed by atoms with van der Waals surface area (Å²) < 4.78 is 29.7. The van der Waals surface area contributed by atoms with E-state index in [-0.39, 0.29) is 10.7 Å². The molecule has 0 aromatic heterocycles. The molecule has 0 bridgehead atoms. The normalized spacial score (nSPS) is 23.3. The molecule has 5 aromatic carbocycles. The lowest BCUT2D eigenvalue weighted by atomic mass is 9.78. The van der Waals surface area contributed by atoms with E-state index < -0.39 is 25.9 Å². The van der Waals surface area contributed by atoms with Crippen molar-refractivity contribution < 1.29 is 13.2 Å². The van der Waals surface area contributed by atoms with Crippen LogP contribution in [-0.4, -0.2) is 19.5 Å². The third kappa shape index (κ3) is 3.37. The molecule has 4 heteroatoms. The van der Waals surface area contributed by atoms with Crippen molar-refractivity contribution in [3.05, 3.63) is 173 Å². The number of hydrogen-bond donors (Lipinski definition) is 0. The van der Waals surface area contributed by atoms with Gasteiger partial charge in [-0.15, -0.1) is 0 Å². The zero-order valence-corrected chi connectivity index (χ0v) is 23.4. The van der Waals surface area contributed by atoms with Crippen molar-refractivity contribution in [2.45, 2.75) is 27.9 Å². The molecule has 2 aliphatic carbocycles. The highest BCUT2D eigenvalue weighted by atomic mass is 32.2. The molecule has 0 saturated heterocycles. The van der Waals surface area contributed by atoms with E-state index in [4.69, 9.17) is 0 Å². The quantitative estimate of drug-likeness (QED) is 0.223. The smallest absolute Gasteiger partial charge is 0.183 e. The first-order valence-corrected chi connectivity index (χ1v) is 15.3. The maximum atomic E-state index is 15.3. The van der Waals surface area contributed by atoms with E-state index >= 15 is 4.79 Å². The average Bonchev–Trinajstić information content (AvgIpc) is 3.61. The summed E-state index contributed by atoms with van der Waals surface area (Å²) in [7, 11) is -3.99. The number of Topliss-reactive ketones (excluding diaryl/α,β-unsaturated/α-hetero) is 1. The number of allylic oxidation sites excluding steroid dienone is 2. The Balaban J connectivity index is 1.65. The number of aryl methyl sites for hydroxylation is 1. The third-order valence-electron chi connectivity index (χ3n) is 8.80. The molecule has 7 rings (SSSR count). The highest BCUT2D eigenvalue weighted by molar-refractivity contribution is 7.92. The van der Waals surface area contributed by atoms with Gasteiger partial charge in [0.05, 0.1) is 21.0 Å². The van der Waals surface area contributed by atoms with Crippen LogP contribution >= 0.6 is 0 Å². The van der Waals surface area contributed by atoms with Crippen molar-refractivity contribution in [3.8, 4) is 0 Å². The lowest BCUT2D eigenvalue weighted by Crippen LogP contribution is -2.29. The Hall–Kier alpha value is -4.54. The SMILES string of the molecule is Cc1ccc(S(=O)(=O)C2C3(c4ccccc4)C(=O)C(c4ccccc4)=C(c4ccccc4)C23c2ccccc2)cc1. The van der Waals surface area contributed by atoms with Crippen LogP contribution in [0.5, 0.6) is 0 Å². The number of rotatable bonds is 6. The Kier molecular flexibility index (Phi) is 5.74. The molecule has 5 aromatic rings. The molecule has 3 unspecified atom stereocenters. The summed E-state index contributed by atoms with van der Waals surface area (Å²) in [6.07, 6.45) is 0. The summed E-state index contributed by atoms with van der Waals surface area (Å²) in [5.74, 6) is -0.154. The molecule has 0 amide bonds. The van der Waals surface area contributed by atoms with Crippen molar-refractivity contribution >= 4 is 26.8 Å². The number of benzene rings is 5. The van der Waals surface area contributed by atoms with Gasteiger partial charge in [0.1, 0.15) is 0 Å². The predicted octanol–water partition coefficient (Wildman–Crippen LogP) is 7.22. The number of carbonyl (C=O) groups excluding carboxylic acids is 1. The number of sulfone groups is 1. The topological polar surface area (TPSA) is 51.2 Å². The lowest BCUT2D eigenvalue weighted by Gasteiger charge is -2.23. The summed E-state index contributed by atoms with van der Waals surface area (Å²) in [6.45, 7) is 1.94. The molecule has 3 atom stereocenters. The van der Waals surface area contributed by atoms with Crippen LogP contribution in [0.15, 0.2) is 150 Å². The number of ketones is 1. The van der Waals surface area contributed by atoms with Crippen molar-refractivity contribution in [1.29, 1.82) is 0 Å². The standard InChI is InChI=1S/C37H28O3S/c1-26-22-24-31(25-23-26)41(39,40)35-36(29-18-10-4-11-19-29)33(28-16-8-3-9-17-28)32(27-14-6-2-7-15-27)34(38)37(35,36)30-20-12-5-13-21-30/h2-25,35H,1H3. The van der Waals surface area contributed by atoms with Gasteiger partial charge in [0.15, 0.2) is 15.6 Å². The highest BCUT2D eigenvalue weighted by Gasteiger charge is 2.90. The Bertz CT molecular complexity index is 1900. The lowest BCUT2D eigenvalue weighted by molar-refractivity contribution is -0.115. The largest absolute Gasteiger partial charge is 0.293 e. The highest BCUT2D eigenvalue weighted by Crippen LogP contribution is 2.79. The first-order chi connectivity index (χ1) is 19.9. The second-order valence-electron chi connectivity index (χ2n) is 10.9. The van der Waals surface area contributed by atoms with Gasteiger partial charge < -0.3 is 0 Å². The minimum Gasteiger partial charge on any atom is -0.293 e. The van der Waals surface area contributed by atoms with E-state index in [1.165, 1.54) is 0 Å². The van der Waals surface area contributed by atoms with Gasteiger partial charge in [-0.3, -0.25) is 4.79 Å². The molecule has 0 N–H and O–H groups in total. The second kappa shape index (κ2) is 9.25. The van der Waals surface area contributed by atoms with Crippen LogP contribution in [0.4, 0.5) is 0 Å². The molecular formula is C37H28O3S. The summed E-state index contributed by atoms with van der Waals surface area (Å²) in [4.78, 5) is 15.5. The fourth-order valence-electron chi connectivity index (χ4n) is 7.20. The fourth-order valence-corrected chi connectivity index (χ4v) is 9.72. The van der Waals surface area contributed by atoms with Gasteiger partial charge >= 0.3 is 0 Å². The Morgan fingerprint density at radius 3 is 1.49 bits per heavy atom. The number of hydrogen-bond acceptors (Lipinski definition) is 3. The summed E-state index contributed by atoms with van der Waals surface area (Å²) in [5.41, 5.74) is 3.03. The van der Waals surface area contributed by atoms with Gasteiger partial charge in [-0.2, -0.15) is 0 Å². The molecule has 3 nitrogen and oxygen atoms in total. The van der Waals surface area contributed by atoms with Crippen molar-refractivity contribution in [2.24, 2.45) is 0 Å². The van der Waals surface area contributed by atoms with E-state index in [2.05, 4.69) is 0 Å². The number of fused-ring (bicyclic) bond motifs is 1. The molecular weight excluding hydrogens is 524 g/mol. The van der Waals surface area contributed by atoms with Crippen LogP contribution in [0, 0.1) is 6.92 Å². The van der Waals surface area contributed by atoms with E-state index in [0.29, 0.717) is 11.1 Å². The molecule has 41 heavy (non-hydrogen) atoms. The van der Waals surface area contributed by atoms with E-state index in [9.17, 15) is 8.42 Å². The monoisotopic (exact) mass is 552 g/mol. The van der Waals surface area contributed by atoms with Gasteiger partial charge in [0.2, 0.25) is 0 Å². The fraction of sp³-hybridized carbons (Fsp3) is 0.108. The minimum absolute atomic E-state index is 0.154. The molecule has 0 heterocycles. The maximum absolute atomic E-state index is 15.3. The van der Waals surface area contributed by atoms with Crippen LogP contribution in [0.2, 0.25) is 0 Å². The maximum Gasteiger partial charge on any atom is 0.183 e. The molecule has 1 fully saturated rings. The second-order valence-corrected chi connectivity index (χ2v) is 12.9. The van der Waals surface area contributed by atoms with Crippen LogP contribution in [0.25, 0.3) is 11.1 Å².